The van der Waals surface area contributed by atoms with E-state index in [1.165, 1.54) is 13.3 Å². The molecule has 0 bridgehead atoms. The number of halogens is 1. The summed E-state index contributed by atoms with van der Waals surface area (Å²) in [6, 6.07) is 0.0370. The lowest BCUT2D eigenvalue weighted by Gasteiger charge is -2.06. The molecule has 1 rings (SSSR count). The van der Waals surface area contributed by atoms with Gasteiger partial charge in [0, 0.05) is 18.7 Å². The van der Waals surface area contributed by atoms with Crippen molar-refractivity contribution < 1.29 is 4.74 Å². The second kappa shape index (κ2) is 5.59. The predicted molar refractivity (Wildman–Crippen MR) is 65.4 cm³/mol. The lowest BCUT2D eigenvalue weighted by Crippen LogP contribution is -2.12. The Morgan fingerprint density at radius 1 is 1.62 bits per heavy atom. The van der Waals surface area contributed by atoms with Crippen molar-refractivity contribution in [1.29, 1.82) is 0 Å². The summed E-state index contributed by atoms with van der Waals surface area (Å²) in [5, 5.41) is 0.382. The van der Waals surface area contributed by atoms with E-state index < -0.39 is 0 Å². The molecule has 0 aliphatic carbocycles. The molecule has 0 spiro atoms. The summed E-state index contributed by atoms with van der Waals surface area (Å²) in [4.78, 5) is 3.94. The van der Waals surface area contributed by atoms with E-state index in [2.05, 4.69) is 16.8 Å². The van der Waals surface area contributed by atoms with Gasteiger partial charge in [-0.05, 0) is 6.92 Å². The summed E-state index contributed by atoms with van der Waals surface area (Å²) in [6.45, 7) is 1.89. The van der Waals surface area contributed by atoms with Gasteiger partial charge < -0.3 is 16.2 Å². The lowest BCUT2D eigenvalue weighted by atomic mass is 10.2. The van der Waals surface area contributed by atoms with Gasteiger partial charge in [0.15, 0.2) is 11.6 Å². The summed E-state index contributed by atoms with van der Waals surface area (Å²) in [5.41, 5.74) is 11.8. The second-order valence-electron chi connectivity index (χ2n) is 3.39. The Balaban J connectivity index is 3.01. The third-order valence-electron chi connectivity index (χ3n) is 1.85. The predicted octanol–water partition coefficient (Wildman–Crippen LogP) is 1.41. The number of hydrogen-bond acceptors (Lipinski definition) is 4. The van der Waals surface area contributed by atoms with Crippen LogP contribution < -0.4 is 16.2 Å². The van der Waals surface area contributed by atoms with E-state index in [0.29, 0.717) is 22.8 Å². The molecule has 0 aliphatic rings. The van der Waals surface area contributed by atoms with Gasteiger partial charge in [0.05, 0.1) is 12.7 Å². The minimum atomic E-state index is 0.0370. The lowest BCUT2D eigenvalue weighted by molar-refractivity contribution is 0.415. The Kier molecular flexibility index (Phi) is 4.41. The number of aromatic nitrogens is 1. The maximum Gasteiger partial charge on any atom is 0.180 e. The molecule has 1 aromatic heterocycles. The molecule has 0 saturated carbocycles. The zero-order valence-corrected chi connectivity index (χ0v) is 10.0. The molecule has 0 saturated heterocycles. The molecule has 5 heteroatoms. The van der Waals surface area contributed by atoms with Gasteiger partial charge in [0.25, 0.3) is 0 Å². The van der Waals surface area contributed by atoms with Crippen LogP contribution in [0.2, 0.25) is 5.02 Å². The van der Waals surface area contributed by atoms with E-state index in [-0.39, 0.29) is 11.9 Å². The Morgan fingerprint density at radius 3 is 2.88 bits per heavy atom. The second-order valence-corrected chi connectivity index (χ2v) is 3.77. The van der Waals surface area contributed by atoms with Gasteiger partial charge in [0.1, 0.15) is 5.02 Å². The first-order valence-electron chi connectivity index (χ1n) is 4.78. The Hall–Kier alpha value is -1.44. The average molecular weight is 240 g/mol. The first kappa shape index (κ1) is 12.6. The van der Waals surface area contributed by atoms with Crippen molar-refractivity contribution >= 4 is 17.4 Å². The van der Waals surface area contributed by atoms with Crippen LogP contribution in [-0.2, 0) is 0 Å². The van der Waals surface area contributed by atoms with E-state index in [4.69, 9.17) is 27.8 Å². The Bertz CT molecular complexity index is 435. The van der Waals surface area contributed by atoms with Crippen LogP contribution in [0.1, 0.15) is 18.9 Å². The summed E-state index contributed by atoms with van der Waals surface area (Å²) in [7, 11) is 1.48. The van der Waals surface area contributed by atoms with Crippen LogP contribution in [0, 0.1) is 11.8 Å². The number of rotatable bonds is 2. The van der Waals surface area contributed by atoms with E-state index in [1.807, 2.05) is 6.92 Å². The zero-order chi connectivity index (χ0) is 12.1. The van der Waals surface area contributed by atoms with Crippen LogP contribution in [0.4, 0.5) is 5.82 Å². The van der Waals surface area contributed by atoms with Crippen molar-refractivity contribution in [2.24, 2.45) is 5.73 Å². The number of nitrogens with zero attached hydrogens (tertiary/aromatic N) is 1. The van der Waals surface area contributed by atoms with Gasteiger partial charge in [-0.15, -0.1) is 0 Å². The van der Waals surface area contributed by atoms with Crippen molar-refractivity contribution in [3.63, 3.8) is 0 Å². The monoisotopic (exact) mass is 239 g/mol. The summed E-state index contributed by atoms with van der Waals surface area (Å²) >= 11 is 6.05. The van der Waals surface area contributed by atoms with Crippen LogP contribution in [0.25, 0.3) is 0 Å². The van der Waals surface area contributed by atoms with Crippen molar-refractivity contribution in [2.75, 3.05) is 12.8 Å². The van der Waals surface area contributed by atoms with Gasteiger partial charge in [0.2, 0.25) is 0 Å². The molecule has 4 N–H and O–H groups in total. The molecule has 0 aliphatic heterocycles. The average Bonchev–Trinajstić information content (AvgIpc) is 2.22. The van der Waals surface area contributed by atoms with Gasteiger partial charge in [-0.3, -0.25) is 0 Å². The minimum Gasteiger partial charge on any atom is -0.491 e. The van der Waals surface area contributed by atoms with Gasteiger partial charge in [-0.2, -0.15) is 0 Å². The fourth-order valence-corrected chi connectivity index (χ4v) is 1.34. The molecule has 0 fully saturated rings. The summed E-state index contributed by atoms with van der Waals surface area (Å²) in [6.07, 6.45) is 2.12. The van der Waals surface area contributed by atoms with Gasteiger partial charge in [-0.25, -0.2) is 4.98 Å². The quantitative estimate of drug-likeness (QED) is 0.766. The normalized spacial score (nSPS) is 11.5. The highest BCUT2D eigenvalue weighted by atomic mass is 35.5. The SMILES string of the molecule is COc1c(N)ncc(C#CC[C@H](C)N)c1Cl. The highest BCUT2D eigenvalue weighted by Gasteiger charge is 2.09. The fourth-order valence-electron chi connectivity index (χ4n) is 1.07. The highest BCUT2D eigenvalue weighted by Crippen LogP contribution is 2.31. The summed E-state index contributed by atoms with van der Waals surface area (Å²) < 4.78 is 5.03. The molecular formula is C11H14ClN3O. The molecule has 0 unspecified atom stereocenters. The largest absolute Gasteiger partial charge is 0.491 e. The maximum absolute atomic E-state index is 6.05. The standard InChI is InChI=1S/C11H14ClN3O/c1-7(13)4-3-5-8-6-15-11(14)10(16-2)9(8)12/h6-7H,4,13H2,1-2H3,(H2,14,15)/t7-/m0/s1. The molecule has 86 valence electrons. The van der Waals surface area contributed by atoms with Gasteiger partial charge >= 0.3 is 0 Å². The smallest absolute Gasteiger partial charge is 0.180 e. The van der Waals surface area contributed by atoms with Crippen LogP contribution in [-0.4, -0.2) is 18.1 Å². The molecular weight excluding hydrogens is 226 g/mol. The molecule has 0 radical (unpaired) electrons. The molecule has 16 heavy (non-hydrogen) atoms. The van der Waals surface area contributed by atoms with E-state index in [9.17, 15) is 0 Å². The molecule has 1 heterocycles. The molecule has 4 nitrogen and oxygen atoms in total. The molecule has 1 aromatic rings. The third-order valence-corrected chi connectivity index (χ3v) is 2.23. The van der Waals surface area contributed by atoms with Gasteiger partial charge in [-0.1, -0.05) is 23.4 Å². The number of hydrogen-bond donors (Lipinski definition) is 2. The van der Waals surface area contributed by atoms with E-state index in [0.717, 1.165) is 0 Å². The number of nitrogens with two attached hydrogens (primary N) is 2. The third kappa shape index (κ3) is 3.02. The van der Waals surface area contributed by atoms with Crippen molar-refractivity contribution in [3.8, 4) is 17.6 Å². The van der Waals surface area contributed by atoms with Crippen molar-refractivity contribution in [1.82, 2.24) is 4.98 Å². The topological polar surface area (TPSA) is 74.2 Å². The first-order valence-corrected chi connectivity index (χ1v) is 5.16. The van der Waals surface area contributed by atoms with Crippen LogP contribution in [0.3, 0.4) is 0 Å². The maximum atomic E-state index is 6.05. The number of pyridine rings is 1. The molecule has 0 aromatic carbocycles. The highest BCUT2D eigenvalue weighted by molar-refractivity contribution is 6.33. The van der Waals surface area contributed by atoms with Crippen LogP contribution in [0.15, 0.2) is 6.20 Å². The van der Waals surface area contributed by atoms with Crippen LogP contribution in [0.5, 0.6) is 5.75 Å². The van der Waals surface area contributed by atoms with E-state index in [1.54, 1.807) is 0 Å². The van der Waals surface area contributed by atoms with E-state index >= 15 is 0 Å². The Labute approximate surface area is 99.9 Å². The summed E-state index contributed by atoms with van der Waals surface area (Å²) in [5.74, 6) is 6.41. The molecule has 0 amide bonds. The zero-order valence-electron chi connectivity index (χ0n) is 9.25. The minimum absolute atomic E-state index is 0.0370. The number of nitrogen functional groups attached to an aromatic ring is 1. The number of ether oxygens (including phenoxy) is 1. The number of anilines is 1. The van der Waals surface area contributed by atoms with Crippen molar-refractivity contribution in [3.05, 3.63) is 16.8 Å². The van der Waals surface area contributed by atoms with Crippen LogP contribution >= 0.6 is 11.6 Å². The molecule has 1 atom stereocenters. The Morgan fingerprint density at radius 2 is 2.31 bits per heavy atom. The van der Waals surface area contributed by atoms with Crippen molar-refractivity contribution in [2.45, 2.75) is 19.4 Å². The fraction of sp³-hybridized carbons (Fsp3) is 0.364. The first-order chi connectivity index (χ1) is 7.56. The number of methoxy groups -OCH3 is 1.